The second kappa shape index (κ2) is 15.4. The van der Waals surface area contributed by atoms with Crippen LogP contribution < -0.4 is 5.19 Å². The second-order valence-corrected chi connectivity index (χ2v) is 19.8. The van der Waals surface area contributed by atoms with Gasteiger partial charge in [-0.1, -0.05) is 117 Å². The fourth-order valence-electron chi connectivity index (χ4n) is 6.80. The summed E-state index contributed by atoms with van der Waals surface area (Å²) in [6, 6.07) is 41.3. The first-order chi connectivity index (χ1) is 23.3. The Labute approximate surface area is 307 Å². The van der Waals surface area contributed by atoms with Crippen molar-refractivity contribution >= 4 is 44.8 Å². The first kappa shape index (κ1) is 35.0. The number of aromatic nitrogens is 2. The molecule has 8 rings (SSSR count). The topological polar surface area (TPSA) is 25.8 Å². The van der Waals surface area contributed by atoms with Crippen LogP contribution in [0.15, 0.2) is 116 Å². The van der Waals surface area contributed by atoms with Crippen LogP contribution in [0.4, 0.5) is 4.39 Å². The Hall–Kier alpha value is -3.80. The molecule has 2 nitrogen and oxygen atoms in total. The van der Waals surface area contributed by atoms with Crippen LogP contribution in [0.25, 0.3) is 53.8 Å². The molecular formula is C43H39FIrN2SSi-2. The summed E-state index contributed by atoms with van der Waals surface area (Å²) in [5.41, 5.74) is 7.03. The molecule has 3 heterocycles. The number of hydrogen-bond acceptors (Lipinski definition) is 3. The Morgan fingerprint density at radius 2 is 1.57 bits per heavy atom. The van der Waals surface area contributed by atoms with E-state index in [-0.39, 0.29) is 25.9 Å². The maximum atomic E-state index is 15.4. The number of halogens is 1. The molecule has 49 heavy (non-hydrogen) atoms. The number of benzene rings is 4. The van der Waals surface area contributed by atoms with Gasteiger partial charge < -0.3 is 9.97 Å². The van der Waals surface area contributed by atoms with Crippen LogP contribution in [0, 0.1) is 23.9 Å². The van der Waals surface area contributed by atoms with Crippen molar-refractivity contribution in [2.75, 3.05) is 0 Å². The minimum Gasteiger partial charge on any atom is -0.305 e. The van der Waals surface area contributed by atoms with Gasteiger partial charge in [-0.15, -0.1) is 48.0 Å². The normalized spacial score (nSPS) is 13.2. The maximum absolute atomic E-state index is 15.4. The van der Waals surface area contributed by atoms with Gasteiger partial charge in [-0.25, -0.2) is 0 Å². The van der Waals surface area contributed by atoms with Crippen molar-refractivity contribution in [3.63, 3.8) is 0 Å². The maximum Gasteiger partial charge on any atom is 0.0803 e. The molecule has 249 valence electrons. The van der Waals surface area contributed by atoms with Crippen LogP contribution in [0.5, 0.6) is 0 Å². The predicted octanol–water partition coefficient (Wildman–Crippen LogP) is 11.5. The number of hydrogen-bond donors (Lipinski definition) is 0. The number of nitrogens with zero attached hydrogens (tertiary/aromatic N) is 2. The Morgan fingerprint density at radius 3 is 2.33 bits per heavy atom. The van der Waals surface area contributed by atoms with Gasteiger partial charge >= 0.3 is 0 Å². The Bertz CT molecular complexity index is 2170. The van der Waals surface area contributed by atoms with E-state index in [1.807, 2.05) is 60.8 Å². The molecule has 0 spiro atoms. The van der Waals surface area contributed by atoms with E-state index in [9.17, 15) is 0 Å². The van der Waals surface area contributed by atoms with Crippen molar-refractivity contribution in [1.29, 1.82) is 0 Å². The monoisotopic (exact) mass is 855 g/mol. The SMILES string of the molecule is C[Si](C)(C)c1cnc(-c2[c-]cccc2)cc1-c1ccccc1.Fc1c(-c2cc(CC3CCCC3)ccn2)[c-]cc2sc3ccccc3c12.[Ir]. The molecule has 1 radical (unpaired) electrons. The van der Waals surface area contributed by atoms with Crippen molar-refractivity contribution in [2.24, 2.45) is 5.92 Å². The smallest absolute Gasteiger partial charge is 0.0803 e. The molecule has 0 saturated heterocycles. The standard InChI is InChI=1S/C23H19FNS.C20H20NSi.Ir/c24-23-17(9-10-21-22(23)18-7-3-4-8-20(18)26-21)19-14-16(11-12-25-19)13-15-5-1-2-6-15;1-22(2,3)20-15-21-19(17-12-8-5-9-13-17)14-18(20)16-10-6-4-7-11-16;/h3-4,7-8,10-12,14-15H,1-2,5-6,13H2;4-12,14-15H,1-3H3;/q2*-1;. The fourth-order valence-corrected chi connectivity index (χ4v) is 9.36. The van der Waals surface area contributed by atoms with Crippen molar-refractivity contribution in [2.45, 2.75) is 51.7 Å². The number of thiophene rings is 1. The van der Waals surface area contributed by atoms with Gasteiger partial charge in [0.15, 0.2) is 0 Å². The fraction of sp³-hybridized carbons (Fsp3) is 0.209. The van der Waals surface area contributed by atoms with E-state index in [0.717, 1.165) is 38.4 Å². The second-order valence-electron chi connectivity index (χ2n) is 13.7. The zero-order valence-corrected chi connectivity index (χ0v) is 32.3. The first-order valence-corrected chi connectivity index (χ1v) is 21.2. The minimum atomic E-state index is -1.46. The van der Waals surface area contributed by atoms with E-state index in [1.165, 1.54) is 47.6 Å². The molecule has 7 aromatic rings. The predicted molar refractivity (Wildman–Crippen MR) is 204 cm³/mol. The average Bonchev–Trinajstić information content (AvgIpc) is 3.77. The Balaban J connectivity index is 0.000000169. The molecule has 6 heteroatoms. The van der Waals surface area contributed by atoms with Crippen LogP contribution in [-0.2, 0) is 26.5 Å². The molecule has 0 N–H and O–H groups in total. The molecule has 1 aliphatic rings. The van der Waals surface area contributed by atoms with Crippen molar-refractivity contribution in [1.82, 2.24) is 9.97 Å². The first-order valence-electron chi connectivity index (χ1n) is 16.8. The number of rotatable bonds is 6. The van der Waals surface area contributed by atoms with E-state index in [4.69, 9.17) is 4.98 Å². The van der Waals surface area contributed by atoms with Gasteiger partial charge in [0.05, 0.1) is 8.07 Å². The summed E-state index contributed by atoms with van der Waals surface area (Å²) in [4.78, 5) is 9.15. The minimum absolute atomic E-state index is 0. The third-order valence-corrected chi connectivity index (χ3v) is 12.4. The van der Waals surface area contributed by atoms with Crippen molar-refractivity contribution in [3.05, 3.63) is 139 Å². The number of fused-ring (bicyclic) bond motifs is 3. The average molecular weight is 855 g/mol. The van der Waals surface area contributed by atoms with Gasteiger partial charge in [0.2, 0.25) is 0 Å². The number of pyridine rings is 2. The van der Waals surface area contributed by atoms with Gasteiger partial charge in [0.25, 0.3) is 0 Å². The molecule has 4 aromatic carbocycles. The summed E-state index contributed by atoms with van der Waals surface area (Å²) < 4.78 is 17.4. The van der Waals surface area contributed by atoms with E-state index in [0.29, 0.717) is 16.6 Å². The zero-order valence-electron chi connectivity index (χ0n) is 28.1. The summed E-state index contributed by atoms with van der Waals surface area (Å²) in [7, 11) is -1.46. The molecule has 1 saturated carbocycles. The summed E-state index contributed by atoms with van der Waals surface area (Å²) in [5, 5.41) is 3.07. The Morgan fingerprint density at radius 1 is 0.816 bits per heavy atom. The van der Waals surface area contributed by atoms with Crippen molar-refractivity contribution in [3.8, 4) is 33.6 Å². The molecule has 0 bridgehead atoms. The summed E-state index contributed by atoms with van der Waals surface area (Å²) >= 11 is 1.61. The quantitative estimate of drug-likeness (QED) is 0.123. The third kappa shape index (κ3) is 7.84. The molecule has 1 aliphatic carbocycles. The molecular weight excluding hydrogens is 816 g/mol. The Kier molecular flexibility index (Phi) is 11.0. The zero-order chi connectivity index (χ0) is 33.1. The van der Waals surface area contributed by atoms with Crippen molar-refractivity contribution < 1.29 is 24.5 Å². The van der Waals surface area contributed by atoms with Gasteiger partial charge in [0.1, 0.15) is 0 Å². The van der Waals surface area contributed by atoms with Crippen LogP contribution in [0.3, 0.4) is 0 Å². The van der Waals surface area contributed by atoms with Crippen LogP contribution in [0.1, 0.15) is 31.2 Å². The summed E-state index contributed by atoms with van der Waals surface area (Å²) in [6.07, 6.45) is 10.3. The molecule has 3 aromatic heterocycles. The largest absolute Gasteiger partial charge is 0.305 e. The van der Waals surface area contributed by atoms with E-state index in [2.05, 4.69) is 91.5 Å². The van der Waals surface area contributed by atoms with Gasteiger partial charge in [-0.05, 0) is 67.6 Å². The summed E-state index contributed by atoms with van der Waals surface area (Å²) in [6.45, 7) is 7.10. The van der Waals surface area contributed by atoms with E-state index >= 15 is 4.39 Å². The summed E-state index contributed by atoms with van der Waals surface area (Å²) in [5.74, 6) is 0.563. The van der Waals surface area contributed by atoms with Gasteiger partial charge in [-0.2, -0.15) is 11.3 Å². The van der Waals surface area contributed by atoms with Crippen LogP contribution in [-0.4, -0.2) is 18.0 Å². The third-order valence-electron chi connectivity index (χ3n) is 9.27. The van der Waals surface area contributed by atoms with Crippen LogP contribution >= 0.6 is 11.3 Å². The molecule has 1 fully saturated rings. The molecule has 0 aliphatic heterocycles. The molecule has 0 atom stereocenters. The van der Waals surface area contributed by atoms with Gasteiger partial charge in [0, 0.05) is 43.0 Å². The van der Waals surface area contributed by atoms with E-state index < -0.39 is 8.07 Å². The van der Waals surface area contributed by atoms with Crippen LogP contribution in [0.2, 0.25) is 19.6 Å². The molecule has 0 amide bonds. The molecule has 0 unspecified atom stereocenters. The van der Waals surface area contributed by atoms with E-state index in [1.54, 1.807) is 11.3 Å². The van der Waals surface area contributed by atoms with Gasteiger partial charge in [-0.3, -0.25) is 4.39 Å².